The van der Waals surface area contributed by atoms with Crippen molar-refractivity contribution in [1.29, 1.82) is 0 Å². The second-order valence-electron chi connectivity index (χ2n) is 3.20. The van der Waals surface area contributed by atoms with E-state index in [-0.39, 0.29) is 5.91 Å². The molecule has 3 heteroatoms. The van der Waals surface area contributed by atoms with Gasteiger partial charge in [-0.1, -0.05) is 30.3 Å². The molecule has 1 amide bonds. The van der Waals surface area contributed by atoms with E-state index in [0.717, 1.165) is 5.56 Å². The van der Waals surface area contributed by atoms with Crippen LogP contribution < -0.4 is 5.73 Å². The van der Waals surface area contributed by atoms with Gasteiger partial charge in [-0.2, -0.15) is 0 Å². The molecule has 1 aromatic carbocycles. The fraction of sp³-hybridized carbons (Fsp3) is 0.182. The predicted molar refractivity (Wildman–Crippen MR) is 57.3 cm³/mol. The van der Waals surface area contributed by atoms with Gasteiger partial charge in [0.1, 0.15) is 0 Å². The van der Waals surface area contributed by atoms with E-state index in [1.807, 2.05) is 30.3 Å². The second kappa shape index (κ2) is 4.46. The van der Waals surface area contributed by atoms with E-state index in [4.69, 9.17) is 5.73 Å². The van der Waals surface area contributed by atoms with Crippen LogP contribution in [-0.2, 0) is 4.79 Å². The van der Waals surface area contributed by atoms with Gasteiger partial charge in [0.15, 0.2) is 0 Å². The lowest BCUT2D eigenvalue weighted by atomic mass is 10.1. The van der Waals surface area contributed by atoms with Gasteiger partial charge in [0.05, 0.1) is 0 Å². The number of carbonyl (C=O) groups is 1. The summed E-state index contributed by atoms with van der Waals surface area (Å²) >= 11 is 0. The molecule has 0 aromatic heterocycles. The maximum Gasteiger partial charge on any atom is 0.248 e. The summed E-state index contributed by atoms with van der Waals surface area (Å²) in [4.78, 5) is 12.8. The molecule has 0 aliphatic heterocycles. The summed E-state index contributed by atoms with van der Waals surface area (Å²) in [7, 11) is 3.38. The van der Waals surface area contributed by atoms with Gasteiger partial charge in [0.25, 0.3) is 0 Å². The van der Waals surface area contributed by atoms with Crippen molar-refractivity contribution in [1.82, 2.24) is 4.90 Å². The van der Waals surface area contributed by atoms with Crippen molar-refractivity contribution in [2.75, 3.05) is 14.1 Å². The molecule has 0 aliphatic carbocycles. The molecule has 3 nitrogen and oxygen atoms in total. The molecule has 1 aromatic rings. The quantitative estimate of drug-likeness (QED) is 0.709. The molecule has 0 saturated heterocycles. The van der Waals surface area contributed by atoms with E-state index in [1.165, 1.54) is 11.0 Å². The van der Waals surface area contributed by atoms with Crippen LogP contribution in [0, 0.1) is 0 Å². The van der Waals surface area contributed by atoms with E-state index in [9.17, 15) is 4.79 Å². The average molecular weight is 190 g/mol. The van der Waals surface area contributed by atoms with Crippen molar-refractivity contribution in [3.05, 3.63) is 42.0 Å². The summed E-state index contributed by atoms with van der Waals surface area (Å²) in [6.07, 6.45) is 1.43. The van der Waals surface area contributed by atoms with Gasteiger partial charge in [-0.05, 0) is 5.56 Å². The molecule has 0 spiro atoms. The summed E-state index contributed by atoms with van der Waals surface area (Å²) in [6, 6.07) is 9.42. The largest absolute Gasteiger partial charge is 0.398 e. The zero-order chi connectivity index (χ0) is 10.6. The van der Waals surface area contributed by atoms with Crippen LogP contribution in [0.2, 0.25) is 0 Å². The summed E-state index contributed by atoms with van der Waals surface area (Å²) < 4.78 is 0. The highest BCUT2D eigenvalue weighted by Crippen LogP contribution is 2.07. The Labute approximate surface area is 83.8 Å². The highest BCUT2D eigenvalue weighted by atomic mass is 16.2. The van der Waals surface area contributed by atoms with E-state index in [1.54, 1.807) is 14.1 Å². The number of likely N-dealkylation sites (N-methyl/N-ethyl adjacent to an activating group) is 1. The zero-order valence-electron chi connectivity index (χ0n) is 8.40. The third-order valence-corrected chi connectivity index (χ3v) is 1.83. The standard InChI is InChI=1S/C11H14N2O/c1-13(2)11(14)8-10(12)9-6-4-3-5-7-9/h3-8H,12H2,1-2H3/b10-8-. The lowest BCUT2D eigenvalue weighted by Crippen LogP contribution is -2.20. The second-order valence-corrected chi connectivity index (χ2v) is 3.20. The summed E-state index contributed by atoms with van der Waals surface area (Å²) in [5.74, 6) is -0.105. The lowest BCUT2D eigenvalue weighted by molar-refractivity contribution is -0.123. The number of benzene rings is 1. The summed E-state index contributed by atoms with van der Waals surface area (Å²) in [6.45, 7) is 0. The molecule has 1 rings (SSSR count). The van der Waals surface area contributed by atoms with E-state index < -0.39 is 0 Å². The third-order valence-electron chi connectivity index (χ3n) is 1.83. The van der Waals surface area contributed by atoms with Gasteiger partial charge in [0.2, 0.25) is 5.91 Å². The smallest absolute Gasteiger partial charge is 0.248 e. The molecule has 0 fully saturated rings. The Balaban J connectivity index is 2.85. The van der Waals surface area contributed by atoms with Crippen molar-refractivity contribution in [2.24, 2.45) is 5.73 Å². The van der Waals surface area contributed by atoms with Crippen LogP contribution in [0.15, 0.2) is 36.4 Å². The van der Waals surface area contributed by atoms with Crippen molar-refractivity contribution in [3.8, 4) is 0 Å². The molecule has 14 heavy (non-hydrogen) atoms. The molecule has 0 heterocycles. The molecule has 0 unspecified atom stereocenters. The monoisotopic (exact) mass is 190 g/mol. The summed E-state index contributed by atoms with van der Waals surface area (Å²) in [5.41, 5.74) is 7.10. The Kier molecular flexibility index (Phi) is 3.29. The maximum atomic E-state index is 11.3. The number of nitrogens with two attached hydrogens (primary N) is 1. The van der Waals surface area contributed by atoms with Crippen LogP contribution >= 0.6 is 0 Å². The molecule has 74 valence electrons. The van der Waals surface area contributed by atoms with Crippen LogP contribution in [0.3, 0.4) is 0 Å². The molecule has 0 bridgehead atoms. The van der Waals surface area contributed by atoms with Gasteiger partial charge in [-0.25, -0.2) is 0 Å². The van der Waals surface area contributed by atoms with E-state index in [2.05, 4.69) is 0 Å². The maximum absolute atomic E-state index is 11.3. The minimum absolute atomic E-state index is 0.105. The van der Waals surface area contributed by atoms with Gasteiger partial charge < -0.3 is 10.6 Å². The lowest BCUT2D eigenvalue weighted by Gasteiger charge is -2.07. The Morgan fingerprint density at radius 2 is 1.86 bits per heavy atom. The van der Waals surface area contributed by atoms with E-state index in [0.29, 0.717) is 5.70 Å². The van der Waals surface area contributed by atoms with Crippen LogP contribution in [0.4, 0.5) is 0 Å². The number of rotatable bonds is 2. The highest BCUT2D eigenvalue weighted by molar-refractivity contribution is 5.94. The Hall–Kier alpha value is -1.77. The van der Waals surface area contributed by atoms with Crippen molar-refractivity contribution in [2.45, 2.75) is 0 Å². The topological polar surface area (TPSA) is 46.3 Å². The molecular formula is C11H14N2O. The predicted octanol–water partition coefficient (Wildman–Crippen LogP) is 1.07. The number of hydrogen-bond acceptors (Lipinski definition) is 2. The number of carbonyl (C=O) groups excluding carboxylic acids is 1. The number of nitrogens with zero attached hydrogens (tertiary/aromatic N) is 1. The van der Waals surface area contributed by atoms with Crippen LogP contribution in [0.5, 0.6) is 0 Å². The Bertz CT molecular complexity index is 342. The average Bonchev–Trinajstić information content (AvgIpc) is 2.19. The molecule has 0 radical (unpaired) electrons. The number of hydrogen-bond donors (Lipinski definition) is 1. The Morgan fingerprint density at radius 3 is 2.36 bits per heavy atom. The summed E-state index contributed by atoms with van der Waals surface area (Å²) in [5, 5.41) is 0. The van der Waals surface area contributed by atoms with Crippen LogP contribution in [0.25, 0.3) is 5.70 Å². The van der Waals surface area contributed by atoms with Gasteiger partial charge in [-0.15, -0.1) is 0 Å². The molecular weight excluding hydrogens is 176 g/mol. The molecule has 0 atom stereocenters. The molecule has 2 N–H and O–H groups in total. The first-order valence-corrected chi connectivity index (χ1v) is 4.35. The van der Waals surface area contributed by atoms with Crippen molar-refractivity contribution < 1.29 is 4.79 Å². The minimum Gasteiger partial charge on any atom is -0.398 e. The fourth-order valence-electron chi connectivity index (χ4n) is 0.976. The normalized spacial score (nSPS) is 11.1. The Morgan fingerprint density at radius 1 is 1.29 bits per heavy atom. The van der Waals surface area contributed by atoms with Crippen LogP contribution in [-0.4, -0.2) is 24.9 Å². The fourth-order valence-corrected chi connectivity index (χ4v) is 0.976. The first-order chi connectivity index (χ1) is 6.61. The molecule has 0 aliphatic rings. The first kappa shape index (κ1) is 10.3. The van der Waals surface area contributed by atoms with Crippen molar-refractivity contribution >= 4 is 11.6 Å². The zero-order valence-corrected chi connectivity index (χ0v) is 8.40. The van der Waals surface area contributed by atoms with Gasteiger partial charge >= 0.3 is 0 Å². The highest BCUT2D eigenvalue weighted by Gasteiger charge is 2.01. The van der Waals surface area contributed by atoms with Crippen molar-refractivity contribution in [3.63, 3.8) is 0 Å². The van der Waals surface area contributed by atoms with Gasteiger partial charge in [0, 0.05) is 25.9 Å². The minimum atomic E-state index is -0.105. The van der Waals surface area contributed by atoms with E-state index >= 15 is 0 Å². The SMILES string of the molecule is CN(C)C(=O)/C=C(\N)c1ccccc1. The number of amides is 1. The first-order valence-electron chi connectivity index (χ1n) is 4.35. The van der Waals surface area contributed by atoms with Crippen LogP contribution in [0.1, 0.15) is 5.56 Å². The molecule has 0 saturated carbocycles. The third kappa shape index (κ3) is 2.62. The van der Waals surface area contributed by atoms with Gasteiger partial charge in [-0.3, -0.25) is 4.79 Å².